The number of hydrogen-bond acceptors (Lipinski definition) is 4. The van der Waals surface area contributed by atoms with Gasteiger partial charge in [0.25, 0.3) is 0 Å². The summed E-state index contributed by atoms with van der Waals surface area (Å²) in [6.07, 6.45) is 1.47. The van der Waals surface area contributed by atoms with Crippen molar-refractivity contribution in [2.45, 2.75) is 13.0 Å². The van der Waals surface area contributed by atoms with E-state index in [1.54, 1.807) is 19.1 Å². The predicted molar refractivity (Wildman–Crippen MR) is 71.9 cm³/mol. The molecule has 2 N–H and O–H groups in total. The molecular weight excluding hydrogens is 268 g/mol. The maximum atomic E-state index is 12.0. The normalized spacial score (nSPS) is 17.7. The van der Waals surface area contributed by atoms with E-state index >= 15 is 0 Å². The SMILES string of the molecule is C[C@H](C(=O)Nc1ccc(Cl)cn1)N1CCNC(=O)C1. The number of anilines is 1. The van der Waals surface area contributed by atoms with Gasteiger partial charge in [-0.05, 0) is 19.1 Å². The van der Waals surface area contributed by atoms with Crippen LogP contribution in [0.2, 0.25) is 5.02 Å². The maximum absolute atomic E-state index is 12.0. The molecule has 0 aromatic carbocycles. The lowest BCUT2D eigenvalue weighted by Gasteiger charge is -2.30. The van der Waals surface area contributed by atoms with Crippen LogP contribution in [0.1, 0.15) is 6.92 Å². The summed E-state index contributed by atoms with van der Waals surface area (Å²) in [5.41, 5.74) is 0. The molecule has 2 heterocycles. The minimum atomic E-state index is -0.386. The number of halogens is 1. The fraction of sp³-hybridized carbons (Fsp3) is 0.417. The maximum Gasteiger partial charge on any atom is 0.242 e. The highest BCUT2D eigenvalue weighted by molar-refractivity contribution is 6.30. The molecule has 1 fully saturated rings. The van der Waals surface area contributed by atoms with Crippen LogP contribution in [0.15, 0.2) is 18.3 Å². The molecule has 0 unspecified atom stereocenters. The fourth-order valence-corrected chi connectivity index (χ4v) is 1.95. The molecule has 1 aliphatic heterocycles. The van der Waals surface area contributed by atoms with Crippen molar-refractivity contribution in [2.75, 3.05) is 25.0 Å². The Morgan fingerprint density at radius 2 is 2.37 bits per heavy atom. The van der Waals surface area contributed by atoms with Crippen molar-refractivity contribution < 1.29 is 9.59 Å². The molecule has 1 saturated heterocycles. The van der Waals surface area contributed by atoms with Crippen molar-refractivity contribution in [2.24, 2.45) is 0 Å². The van der Waals surface area contributed by atoms with Gasteiger partial charge in [0.2, 0.25) is 11.8 Å². The number of hydrogen-bond donors (Lipinski definition) is 2. The van der Waals surface area contributed by atoms with E-state index < -0.39 is 0 Å². The van der Waals surface area contributed by atoms with Crippen LogP contribution in [0.5, 0.6) is 0 Å². The van der Waals surface area contributed by atoms with Crippen LogP contribution < -0.4 is 10.6 Å². The second-order valence-corrected chi connectivity index (χ2v) is 4.78. The average Bonchev–Trinajstić information content (AvgIpc) is 2.40. The molecule has 1 aromatic rings. The smallest absolute Gasteiger partial charge is 0.242 e. The molecule has 2 amide bonds. The number of amides is 2. The first-order valence-corrected chi connectivity index (χ1v) is 6.37. The summed E-state index contributed by atoms with van der Waals surface area (Å²) in [6, 6.07) is 2.91. The molecule has 19 heavy (non-hydrogen) atoms. The van der Waals surface area contributed by atoms with Crippen molar-refractivity contribution in [1.29, 1.82) is 0 Å². The van der Waals surface area contributed by atoms with Gasteiger partial charge in [-0.15, -0.1) is 0 Å². The van der Waals surface area contributed by atoms with E-state index in [2.05, 4.69) is 15.6 Å². The lowest BCUT2D eigenvalue weighted by Crippen LogP contribution is -2.53. The molecule has 0 bridgehead atoms. The summed E-state index contributed by atoms with van der Waals surface area (Å²) in [6.45, 7) is 3.23. The minimum absolute atomic E-state index is 0.0597. The third kappa shape index (κ3) is 3.65. The fourth-order valence-electron chi connectivity index (χ4n) is 1.84. The Balaban J connectivity index is 1.95. The molecule has 0 spiro atoms. The summed E-state index contributed by atoms with van der Waals surface area (Å²) in [7, 11) is 0. The molecule has 6 nitrogen and oxygen atoms in total. The molecule has 1 aromatic heterocycles. The largest absolute Gasteiger partial charge is 0.354 e. The number of aromatic nitrogens is 1. The van der Waals surface area contributed by atoms with Crippen molar-refractivity contribution in [3.63, 3.8) is 0 Å². The Hall–Kier alpha value is -1.66. The van der Waals surface area contributed by atoms with Crippen LogP contribution in [-0.2, 0) is 9.59 Å². The van der Waals surface area contributed by atoms with Crippen LogP contribution >= 0.6 is 11.6 Å². The lowest BCUT2D eigenvalue weighted by molar-refractivity contribution is -0.127. The van der Waals surface area contributed by atoms with Gasteiger partial charge in [-0.1, -0.05) is 11.6 Å². The Labute approximate surface area is 116 Å². The van der Waals surface area contributed by atoms with E-state index in [0.717, 1.165) is 0 Å². The summed E-state index contributed by atoms with van der Waals surface area (Å²) in [5.74, 6) is 0.197. The zero-order valence-corrected chi connectivity index (χ0v) is 11.3. The highest BCUT2D eigenvalue weighted by Gasteiger charge is 2.26. The van der Waals surface area contributed by atoms with Crippen LogP contribution in [0.25, 0.3) is 0 Å². The van der Waals surface area contributed by atoms with Crippen molar-refractivity contribution in [3.05, 3.63) is 23.4 Å². The number of rotatable bonds is 3. The molecule has 7 heteroatoms. The van der Waals surface area contributed by atoms with Crippen LogP contribution in [0.3, 0.4) is 0 Å². The quantitative estimate of drug-likeness (QED) is 0.846. The first kappa shape index (κ1) is 13.8. The van der Waals surface area contributed by atoms with E-state index in [1.807, 2.05) is 4.90 Å². The van der Waals surface area contributed by atoms with Crippen LogP contribution in [0.4, 0.5) is 5.82 Å². The van der Waals surface area contributed by atoms with E-state index in [0.29, 0.717) is 23.9 Å². The number of pyridine rings is 1. The highest BCUT2D eigenvalue weighted by atomic mass is 35.5. The third-order valence-electron chi connectivity index (χ3n) is 2.97. The first-order valence-electron chi connectivity index (χ1n) is 5.99. The van der Waals surface area contributed by atoms with E-state index in [4.69, 9.17) is 11.6 Å². The summed E-state index contributed by atoms with van der Waals surface area (Å²) >= 11 is 5.72. The second-order valence-electron chi connectivity index (χ2n) is 4.35. The van der Waals surface area contributed by atoms with Crippen molar-refractivity contribution >= 4 is 29.2 Å². The van der Waals surface area contributed by atoms with Crippen LogP contribution in [-0.4, -0.2) is 47.4 Å². The van der Waals surface area contributed by atoms with Gasteiger partial charge in [0.05, 0.1) is 17.6 Å². The van der Waals surface area contributed by atoms with Crippen molar-refractivity contribution in [3.8, 4) is 0 Å². The second kappa shape index (κ2) is 5.99. The highest BCUT2D eigenvalue weighted by Crippen LogP contribution is 2.11. The average molecular weight is 283 g/mol. The van der Waals surface area contributed by atoms with Gasteiger partial charge in [0.15, 0.2) is 0 Å². The zero-order chi connectivity index (χ0) is 13.8. The molecule has 0 radical (unpaired) electrons. The van der Waals surface area contributed by atoms with E-state index in [-0.39, 0.29) is 24.4 Å². The number of nitrogens with zero attached hydrogens (tertiary/aromatic N) is 2. The Kier molecular flexibility index (Phi) is 4.34. The van der Waals surface area contributed by atoms with Gasteiger partial charge in [-0.25, -0.2) is 4.98 Å². The van der Waals surface area contributed by atoms with Crippen LogP contribution in [0, 0.1) is 0 Å². The van der Waals surface area contributed by atoms with Gasteiger partial charge in [0, 0.05) is 19.3 Å². The van der Waals surface area contributed by atoms with Gasteiger partial charge >= 0.3 is 0 Å². The zero-order valence-electron chi connectivity index (χ0n) is 10.5. The number of piperazine rings is 1. The molecule has 102 valence electrons. The lowest BCUT2D eigenvalue weighted by atomic mass is 10.2. The first-order chi connectivity index (χ1) is 9.06. The monoisotopic (exact) mass is 282 g/mol. The molecular formula is C12H15ClN4O2. The standard InChI is InChI=1S/C12H15ClN4O2/c1-8(17-5-4-14-11(18)7-17)12(19)16-10-3-2-9(13)6-15-10/h2-3,6,8H,4-5,7H2,1H3,(H,14,18)(H,15,16,19)/t8-/m1/s1. The number of nitrogens with one attached hydrogen (secondary N) is 2. The number of carbonyl (C=O) groups excluding carboxylic acids is 2. The molecule has 2 rings (SSSR count). The third-order valence-corrected chi connectivity index (χ3v) is 3.20. The molecule has 0 aliphatic carbocycles. The summed E-state index contributed by atoms with van der Waals surface area (Å²) in [5, 5.41) is 5.93. The molecule has 1 aliphatic rings. The van der Waals surface area contributed by atoms with Gasteiger partial charge < -0.3 is 10.6 Å². The minimum Gasteiger partial charge on any atom is -0.354 e. The van der Waals surface area contributed by atoms with Gasteiger partial charge in [-0.3, -0.25) is 14.5 Å². The van der Waals surface area contributed by atoms with Gasteiger partial charge in [-0.2, -0.15) is 0 Å². The van der Waals surface area contributed by atoms with Crippen molar-refractivity contribution in [1.82, 2.24) is 15.2 Å². The summed E-state index contributed by atoms with van der Waals surface area (Å²) in [4.78, 5) is 29.2. The Morgan fingerprint density at radius 1 is 1.58 bits per heavy atom. The topological polar surface area (TPSA) is 74.3 Å². The molecule has 0 saturated carbocycles. The van der Waals surface area contributed by atoms with Gasteiger partial charge in [0.1, 0.15) is 5.82 Å². The van der Waals surface area contributed by atoms with E-state index in [9.17, 15) is 9.59 Å². The Morgan fingerprint density at radius 3 is 3.00 bits per heavy atom. The number of carbonyl (C=O) groups is 2. The van der Waals surface area contributed by atoms with E-state index in [1.165, 1.54) is 6.20 Å². The Bertz CT molecular complexity index is 477. The summed E-state index contributed by atoms with van der Waals surface area (Å²) < 4.78 is 0. The molecule has 1 atom stereocenters. The predicted octanol–water partition coefficient (Wildman–Crippen LogP) is 0.494.